The third kappa shape index (κ3) is 4.59. The number of rotatable bonds is 5. The molecule has 1 aliphatic heterocycles. The number of piperidine rings is 1. The molecular weight excluding hydrogens is 334 g/mol. The molecule has 0 bridgehead atoms. The Kier molecular flexibility index (Phi) is 6.05. The van der Waals surface area contributed by atoms with E-state index in [1.165, 1.54) is 0 Å². The zero-order valence-electron chi connectivity index (χ0n) is 14.5. The zero-order chi connectivity index (χ0) is 17.6. The summed E-state index contributed by atoms with van der Waals surface area (Å²) >= 11 is 6.06. The third-order valence-corrected chi connectivity index (χ3v) is 5.04. The fraction of sp³-hybridized carbons (Fsp3) is 0.400. The SMILES string of the molecule is CC(=O)N(CC1CCNCC1)C(c1ccc(Cl)cc1)c1ccccn1. The second kappa shape index (κ2) is 8.45. The smallest absolute Gasteiger partial charge is 0.220 e. The van der Waals surface area contributed by atoms with E-state index in [0.29, 0.717) is 10.9 Å². The maximum absolute atomic E-state index is 12.5. The molecule has 3 rings (SSSR count). The molecule has 2 aromatic rings. The molecule has 0 saturated carbocycles. The van der Waals surface area contributed by atoms with Crippen LogP contribution in [0.3, 0.4) is 0 Å². The quantitative estimate of drug-likeness (QED) is 0.888. The van der Waals surface area contributed by atoms with E-state index in [0.717, 1.165) is 43.7 Å². The molecule has 1 saturated heterocycles. The van der Waals surface area contributed by atoms with Gasteiger partial charge < -0.3 is 10.2 Å². The maximum Gasteiger partial charge on any atom is 0.220 e. The van der Waals surface area contributed by atoms with Crippen LogP contribution in [0.15, 0.2) is 48.7 Å². The van der Waals surface area contributed by atoms with Gasteiger partial charge in [-0.05, 0) is 61.7 Å². The Balaban J connectivity index is 1.95. The molecule has 25 heavy (non-hydrogen) atoms. The lowest BCUT2D eigenvalue weighted by Crippen LogP contribution is -2.41. The van der Waals surface area contributed by atoms with Crippen molar-refractivity contribution >= 4 is 17.5 Å². The summed E-state index contributed by atoms with van der Waals surface area (Å²) in [6, 6.07) is 13.4. The van der Waals surface area contributed by atoms with E-state index >= 15 is 0 Å². The first-order valence-electron chi connectivity index (χ1n) is 8.79. The van der Waals surface area contributed by atoms with E-state index in [-0.39, 0.29) is 11.9 Å². The van der Waals surface area contributed by atoms with Gasteiger partial charge in [0.2, 0.25) is 5.91 Å². The number of amides is 1. The number of benzene rings is 1. The van der Waals surface area contributed by atoms with E-state index in [2.05, 4.69) is 10.3 Å². The van der Waals surface area contributed by atoms with E-state index in [1.54, 1.807) is 13.1 Å². The highest BCUT2D eigenvalue weighted by molar-refractivity contribution is 6.30. The van der Waals surface area contributed by atoms with Crippen molar-refractivity contribution in [3.05, 3.63) is 64.9 Å². The van der Waals surface area contributed by atoms with Gasteiger partial charge in [0.1, 0.15) is 0 Å². The number of pyridine rings is 1. The molecule has 0 radical (unpaired) electrons. The third-order valence-electron chi connectivity index (χ3n) is 4.78. The van der Waals surface area contributed by atoms with Gasteiger partial charge in [-0.1, -0.05) is 29.8 Å². The second-order valence-corrected chi connectivity index (χ2v) is 7.01. The van der Waals surface area contributed by atoms with E-state index in [9.17, 15) is 4.79 Å². The number of nitrogens with one attached hydrogen (secondary N) is 1. The molecule has 1 N–H and O–H groups in total. The first-order valence-corrected chi connectivity index (χ1v) is 9.17. The number of aromatic nitrogens is 1. The van der Waals surface area contributed by atoms with Crippen LogP contribution in [0, 0.1) is 5.92 Å². The number of hydrogen-bond donors (Lipinski definition) is 1. The van der Waals surface area contributed by atoms with Crippen molar-refractivity contribution in [3.63, 3.8) is 0 Å². The lowest BCUT2D eigenvalue weighted by atomic mass is 9.94. The van der Waals surface area contributed by atoms with Crippen molar-refractivity contribution in [2.75, 3.05) is 19.6 Å². The van der Waals surface area contributed by atoms with Crippen LogP contribution < -0.4 is 5.32 Å². The topological polar surface area (TPSA) is 45.2 Å². The van der Waals surface area contributed by atoms with Crippen LogP contribution in [0.2, 0.25) is 5.02 Å². The van der Waals surface area contributed by atoms with Crippen molar-refractivity contribution in [2.45, 2.75) is 25.8 Å². The summed E-state index contributed by atoms with van der Waals surface area (Å²) in [6.45, 7) is 4.44. The molecule has 132 valence electrons. The highest BCUT2D eigenvalue weighted by Crippen LogP contribution is 2.30. The van der Waals surface area contributed by atoms with Gasteiger partial charge in [0.15, 0.2) is 0 Å². The summed E-state index contributed by atoms with van der Waals surface area (Å²) in [5.74, 6) is 0.591. The minimum atomic E-state index is -0.189. The Morgan fingerprint density at radius 3 is 2.56 bits per heavy atom. The molecule has 2 heterocycles. The van der Waals surface area contributed by atoms with Gasteiger partial charge in [-0.25, -0.2) is 0 Å². The highest BCUT2D eigenvalue weighted by atomic mass is 35.5. The molecule has 1 aromatic heterocycles. The van der Waals surface area contributed by atoms with Gasteiger partial charge >= 0.3 is 0 Å². The molecule has 1 amide bonds. The van der Waals surface area contributed by atoms with Gasteiger partial charge in [-0.15, -0.1) is 0 Å². The van der Waals surface area contributed by atoms with Crippen LogP contribution in [-0.4, -0.2) is 35.4 Å². The largest absolute Gasteiger partial charge is 0.330 e. The zero-order valence-corrected chi connectivity index (χ0v) is 15.2. The van der Waals surface area contributed by atoms with Gasteiger partial charge in [0.25, 0.3) is 0 Å². The Labute approximate surface area is 154 Å². The molecule has 5 heteroatoms. The van der Waals surface area contributed by atoms with Gasteiger partial charge in [0, 0.05) is 24.7 Å². The van der Waals surface area contributed by atoms with E-state index in [4.69, 9.17) is 11.6 Å². The summed E-state index contributed by atoms with van der Waals surface area (Å²) in [5.41, 5.74) is 1.92. The second-order valence-electron chi connectivity index (χ2n) is 6.57. The number of nitrogens with zero attached hydrogens (tertiary/aromatic N) is 2. The van der Waals surface area contributed by atoms with E-state index in [1.807, 2.05) is 47.4 Å². The predicted molar refractivity (Wildman–Crippen MR) is 101 cm³/mol. The molecule has 1 unspecified atom stereocenters. The van der Waals surface area contributed by atoms with Crippen molar-refractivity contribution in [1.82, 2.24) is 15.2 Å². The minimum Gasteiger partial charge on any atom is -0.330 e. The Morgan fingerprint density at radius 1 is 1.24 bits per heavy atom. The fourth-order valence-corrected chi connectivity index (χ4v) is 3.58. The Hall–Kier alpha value is -1.91. The molecule has 0 aliphatic carbocycles. The molecule has 1 atom stereocenters. The van der Waals surface area contributed by atoms with Crippen LogP contribution in [0.5, 0.6) is 0 Å². The summed E-state index contributed by atoms with van der Waals surface area (Å²) < 4.78 is 0. The minimum absolute atomic E-state index is 0.0733. The predicted octanol–water partition coefficient (Wildman–Crippen LogP) is 3.67. The molecule has 1 aliphatic rings. The number of halogens is 1. The maximum atomic E-state index is 12.5. The number of carbonyl (C=O) groups is 1. The fourth-order valence-electron chi connectivity index (χ4n) is 3.45. The number of carbonyl (C=O) groups excluding carboxylic acids is 1. The lowest BCUT2D eigenvalue weighted by molar-refractivity contribution is -0.131. The van der Waals surface area contributed by atoms with Crippen LogP contribution in [0.25, 0.3) is 0 Å². The molecule has 1 aromatic carbocycles. The average molecular weight is 358 g/mol. The van der Waals surface area contributed by atoms with Crippen molar-refractivity contribution in [3.8, 4) is 0 Å². The first-order chi connectivity index (χ1) is 12.1. The van der Waals surface area contributed by atoms with Crippen molar-refractivity contribution in [1.29, 1.82) is 0 Å². The number of hydrogen-bond acceptors (Lipinski definition) is 3. The van der Waals surface area contributed by atoms with Gasteiger partial charge in [-0.3, -0.25) is 9.78 Å². The van der Waals surface area contributed by atoms with Crippen LogP contribution in [0.1, 0.15) is 37.1 Å². The normalized spacial score (nSPS) is 16.4. The van der Waals surface area contributed by atoms with Gasteiger partial charge in [-0.2, -0.15) is 0 Å². The van der Waals surface area contributed by atoms with Gasteiger partial charge in [0.05, 0.1) is 11.7 Å². The Morgan fingerprint density at radius 2 is 1.96 bits per heavy atom. The van der Waals surface area contributed by atoms with Crippen molar-refractivity contribution in [2.24, 2.45) is 5.92 Å². The summed E-state index contributed by atoms with van der Waals surface area (Å²) in [7, 11) is 0. The van der Waals surface area contributed by atoms with Crippen molar-refractivity contribution < 1.29 is 4.79 Å². The van der Waals surface area contributed by atoms with E-state index < -0.39 is 0 Å². The summed E-state index contributed by atoms with van der Waals surface area (Å²) in [5, 5.41) is 4.08. The summed E-state index contributed by atoms with van der Waals surface area (Å²) in [4.78, 5) is 19.0. The highest BCUT2D eigenvalue weighted by Gasteiger charge is 2.28. The standard InChI is InChI=1S/C20H24ClN3O/c1-15(25)24(14-16-9-12-22-13-10-16)20(19-4-2-3-11-23-19)17-5-7-18(21)8-6-17/h2-8,11,16,20,22H,9-10,12-14H2,1H3. The molecular formula is C20H24ClN3O. The summed E-state index contributed by atoms with van der Waals surface area (Å²) in [6.07, 6.45) is 3.97. The average Bonchev–Trinajstić information content (AvgIpc) is 2.64. The molecule has 4 nitrogen and oxygen atoms in total. The van der Waals surface area contributed by atoms with Crippen LogP contribution in [-0.2, 0) is 4.79 Å². The van der Waals surface area contributed by atoms with Crippen LogP contribution in [0.4, 0.5) is 0 Å². The lowest BCUT2D eigenvalue weighted by Gasteiger charge is -2.35. The first kappa shape index (κ1) is 17.9. The Bertz CT molecular complexity index is 684. The molecule has 0 spiro atoms. The van der Waals surface area contributed by atoms with Crippen LogP contribution >= 0.6 is 11.6 Å². The molecule has 1 fully saturated rings. The monoisotopic (exact) mass is 357 g/mol.